The van der Waals surface area contributed by atoms with E-state index in [2.05, 4.69) is 38.2 Å². The molecule has 1 aromatic heterocycles. The number of hydrogen-bond donors (Lipinski definition) is 1. The zero-order valence-electron chi connectivity index (χ0n) is 16.1. The minimum absolute atomic E-state index is 0.106. The summed E-state index contributed by atoms with van der Waals surface area (Å²) >= 11 is 1.80. The fourth-order valence-corrected chi connectivity index (χ4v) is 6.10. The molecule has 27 heavy (non-hydrogen) atoms. The molecular weight excluding hydrogens is 358 g/mol. The van der Waals surface area contributed by atoms with Gasteiger partial charge < -0.3 is 14.8 Å². The van der Waals surface area contributed by atoms with Crippen LogP contribution in [0.1, 0.15) is 61.1 Å². The second-order valence-corrected chi connectivity index (χ2v) is 10.1. The van der Waals surface area contributed by atoms with Crippen molar-refractivity contribution in [2.45, 2.75) is 52.4 Å². The van der Waals surface area contributed by atoms with Crippen molar-refractivity contribution >= 4 is 22.2 Å². The Bertz CT molecular complexity index is 924. The van der Waals surface area contributed by atoms with Crippen LogP contribution >= 0.6 is 11.3 Å². The summed E-state index contributed by atoms with van der Waals surface area (Å²) in [7, 11) is 0. The molecule has 0 radical (unpaired) electrons. The monoisotopic (exact) mass is 383 g/mol. The van der Waals surface area contributed by atoms with Crippen LogP contribution in [0.15, 0.2) is 18.2 Å². The maximum atomic E-state index is 12.4. The number of nitrogens with one attached hydrogen (secondary N) is 1. The lowest BCUT2D eigenvalue weighted by Crippen LogP contribution is -2.27. The number of benzene rings is 1. The minimum atomic E-state index is 0.106. The van der Waals surface area contributed by atoms with Crippen LogP contribution in [0.25, 0.3) is 0 Å². The van der Waals surface area contributed by atoms with Gasteiger partial charge in [-0.2, -0.15) is 0 Å². The van der Waals surface area contributed by atoms with E-state index >= 15 is 0 Å². The van der Waals surface area contributed by atoms with Crippen molar-refractivity contribution in [2.24, 2.45) is 11.3 Å². The third kappa shape index (κ3) is 2.83. The lowest BCUT2D eigenvalue weighted by Gasteiger charge is -2.34. The Morgan fingerprint density at radius 1 is 1.15 bits per heavy atom. The van der Waals surface area contributed by atoms with E-state index in [0.717, 1.165) is 34.9 Å². The highest BCUT2D eigenvalue weighted by atomic mass is 32.1. The van der Waals surface area contributed by atoms with Gasteiger partial charge in [-0.15, -0.1) is 11.3 Å². The molecule has 2 atom stereocenters. The smallest absolute Gasteiger partial charge is 0.231 e. The molecule has 2 aliphatic heterocycles. The van der Waals surface area contributed by atoms with Crippen LogP contribution < -0.4 is 14.8 Å². The van der Waals surface area contributed by atoms with E-state index in [1.54, 1.807) is 11.3 Å². The fourth-order valence-electron chi connectivity index (χ4n) is 4.69. The SMILES string of the molecule is CC(C)(C)[C@H]1CCc2c(sc3c2[C@H](c2ccc4c(c2)OCO4)CC(=O)N3)C1. The Kier molecular flexibility index (Phi) is 3.80. The van der Waals surface area contributed by atoms with E-state index in [1.807, 2.05) is 6.07 Å². The Hall–Kier alpha value is -2.01. The molecule has 1 N–H and O–H groups in total. The molecule has 1 aliphatic carbocycles. The third-order valence-corrected chi connectivity index (χ3v) is 7.51. The van der Waals surface area contributed by atoms with Crippen molar-refractivity contribution in [2.75, 3.05) is 12.1 Å². The highest BCUT2D eigenvalue weighted by molar-refractivity contribution is 7.16. The Balaban J connectivity index is 1.56. The topological polar surface area (TPSA) is 47.6 Å². The standard InChI is InChI=1S/C22H25NO3S/c1-22(2,3)13-5-6-14-18(9-13)27-21-20(14)15(10-19(24)23-21)12-4-7-16-17(8-12)26-11-25-16/h4,7-8,13,15H,5-6,9-11H2,1-3H3,(H,23,24)/t13-,15-/m0/s1. The van der Waals surface area contributed by atoms with Gasteiger partial charge in [-0.3, -0.25) is 4.79 Å². The molecule has 2 aromatic rings. The molecule has 142 valence electrons. The molecule has 5 heteroatoms. The van der Waals surface area contributed by atoms with E-state index in [1.165, 1.54) is 22.4 Å². The summed E-state index contributed by atoms with van der Waals surface area (Å²) in [6, 6.07) is 6.12. The van der Waals surface area contributed by atoms with E-state index in [4.69, 9.17) is 9.47 Å². The molecule has 1 aromatic carbocycles. The summed E-state index contributed by atoms with van der Waals surface area (Å²) < 4.78 is 11.0. The number of carbonyl (C=O) groups excluding carboxylic acids is 1. The molecule has 0 spiro atoms. The van der Waals surface area contributed by atoms with Gasteiger partial charge in [0.05, 0.1) is 5.00 Å². The third-order valence-electron chi connectivity index (χ3n) is 6.32. The number of hydrogen-bond acceptors (Lipinski definition) is 4. The maximum absolute atomic E-state index is 12.4. The van der Waals surface area contributed by atoms with Crippen LogP contribution in [0.5, 0.6) is 11.5 Å². The predicted molar refractivity (Wildman–Crippen MR) is 107 cm³/mol. The van der Waals surface area contributed by atoms with E-state index in [9.17, 15) is 4.79 Å². The maximum Gasteiger partial charge on any atom is 0.231 e. The Labute approximate surface area is 163 Å². The zero-order chi connectivity index (χ0) is 18.8. The summed E-state index contributed by atoms with van der Waals surface area (Å²) in [5.41, 5.74) is 4.30. The van der Waals surface area contributed by atoms with Gasteiger partial charge in [0.25, 0.3) is 0 Å². The largest absolute Gasteiger partial charge is 0.454 e. The first-order valence-electron chi connectivity index (χ1n) is 9.74. The van der Waals surface area contributed by atoms with Crippen molar-refractivity contribution in [1.29, 1.82) is 0 Å². The number of thiophene rings is 1. The van der Waals surface area contributed by atoms with Gasteiger partial charge in [-0.1, -0.05) is 26.8 Å². The molecular formula is C22H25NO3S. The number of amides is 1. The highest BCUT2D eigenvalue weighted by Crippen LogP contribution is 2.51. The number of ether oxygens (including phenoxy) is 2. The first kappa shape index (κ1) is 17.1. The molecule has 0 saturated heterocycles. The van der Waals surface area contributed by atoms with Crippen molar-refractivity contribution in [1.82, 2.24) is 0 Å². The first-order valence-corrected chi connectivity index (χ1v) is 10.6. The molecule has 3 aliphatic rings. The molecule has 0 saturated carbocycles. The highest BCUT2D eigenvalue weighted by Gasteiger charge is 2.37. The predicted octanol–water partition coefficient (Wildman–Crippen LogP) is 5.10. The van der Waals surface area contributed by atoms with Crippen molar-refractivity contribution < 1.29 is 14.3 Å². The van der Waals surface area contributed by atoms with Gasteiger partial charge in [0, 0.05) is 17.2 Å². The van der Waals surface area contributed by atoms with Gasteiger partial charge in [-0.25, -0.2) is 0 Å². The molecule has 5 rings (SSSR count). The molecule has 0 fully saturated rings. The van der Waals surface area contributed by atoms with Crippen molar-refractivity contribution in [3.63, 3.8) is 0 Å². The van der Waals surface area contributed by atoms with E-state index in [-0.39, 0.29) is 18.6 Å². The van der Waals surface area contributed by atoms with Gasteiger partial charge >= 0.3 is 0 Å². The average molecular weight is 384 g/mol. The number of anilines is 1. The van der Waals surface area contributed by atoms with Gasteiger partial charge in [-0.05, 0) is 59.4 Å². The summed E-state index contributed by atoms with van der Waals surface area (Å²) in [5.74, 6) is 2.49. The van der Waals surface area contributed by atoms with Crippen LogP contribution in [-0.2, 0) is 17.6 Å². The lowest BCUT2D eigenvalue weighted by molar-refractivity contribution is -0.116. The van der Waals surface area contributed by atoms with E-state index in [0.29, 0.717) is 17.8 Å². The zero-order valence-corrected chi connectivity index (χ0v) is 16.9. The molecule has 0 unspecified atom stereocenters. The quantitative estimate of drug-likeness (QED) is 0.745. The van der Waals surface area contributed by atoms with Crippen molar-refractivity contribution in [3.05, 3.63) is 39.8 Å². The van der Waals surface area contributed by atoms with Crippen LogP contribution in [0.2, 0.25) is 0 Å². The normalized spacial score (nSPS) is 23.6. The molecule has 0 bridgehead atoms. The fraction of sp³-hybridized carbons (Fsp3) is 0.500. The molecule has 4 nitrogen and oxygen atoms in total. The summed E-state index contributed by atoms with van der Waals surface area (Å²) in [5, 5.41) is 4.21. The molecule has 1 amide bonds. The van der Waals surface area contributed by atoms with Crippen molar-refractivity contribution in [3.8, 4) is 11.5 Å². The van der Waals surface area contributed by atoms with Crippen LogP contribution in [-0.4, -0.2) is 12.7 Å². The average Bonchev–Trinajstić information content (AvgIpc) is 3.22. The second-order valence-electron chi connectivity index (χ2n) is 8.97. The van der Waals surface area contributed by atoms with Crippen LogP contribution in [0, 0.1) is 11.3 Å². The summed E-state index contributed by atoms with van der Waals surface area (Å²) in [6.45, 7) is 7.30. The molecule has 3 heterocycles. The van der Waals surface area contributed by atoms with Crippen LogP contribution in [0.3, 0.4) is 0 Å². The van der Waals surface area contributed by atoms with Gasteiger partial charge in [0.15, 0.2) is 11.5 Å². The minimum Gasteiger partial charge on any atom is -0.454 e. The number of carbonyl (C=O) groups is 1. The first-order chi connectivity index (χ1) is 12.9. The second kappa shape index (κ2) is 5.99. The van der Waals surface area contributed by atoms with E-state index < -0.39 is 0 Å². The van der Waals surface area contributed by atoms with Gasteiger partial charge in [0.2, 0.25) is 12.7 Å². The lowest BCUT2D eigenvalue weighted by atomic mass is 9.71. The summed E-state index contributed by atoms with van der Waals surface area (Å²) in [4.78, 5) is 13.9. The van der Waals surface area contributed by atoms with Gasteiger partial charge in [0.1, 0.15) is 0 Å². The Morgan fingerprint density at radius 2 is 1.96 bits per heavy atom. The van der Waals surface area contributed by atoms with Crippen LogP contribution in [0.4, 0.5) is 5.00 Å². The number of fused-ring (bicyclic) bond motifs is 4. The number of rotatable bonds is 1. The Morgan fingerprint density at radius 3 is 2.78 bits per heavy atom. The summed E-state index contributed by atoms with van der Waals surface area (Å²) in [6.07, 6.45) is 3.96.